The topological polar surface area (TPSA) is 59.8 Å². The second kappa shape index (κ2) is 6.81. The van der Waals surface area contributed by atoms with Crippen LogP contribution in [0.25, 0.3) is 22.3 Å². The number of benzene rings is 2. The number of nitrogens with one attached hydrogen (secondary N) is 1. The summed E-state index contributed by atoms with van der Waals surface area (Å²) in [5.74, 6) is -0.787. The van der Waals surface area contributed by atoms with Crippen molar-refractivity contribution in [2.24, 2.45) is 7.05 Å². The molecule has 0 fully saturated rings. The minimum Gasteiger partial charge on any atom is -0.321 e. The summed E-state index contributed by atoms with van der Waals surface area (Å²) in [4.78, 5) is 17.4. The third-order valence-electron chi connectivity index (χ3n) is 4.22. The van der Waals surface area contributed by atoms with Crippen LogP contribution in [0, 0.1) is 5.82 Å². The Labute approximate surface area is 159 Å². The molecule has 7 heteroatoms. The Morgan fingerprint density at radius 3 is 2.67 bits per heavy atom. The zero-order valence-electron chi connectivity index (χ0n) is 14.3. The van der Waals surface area contributed by atoms with E-state index in [0.717, 1.165) is 0 Å². The van der Waals surface area contributed by atoms with Gasteiger partial charge in [0.15, 0.2) is 5.65 Å². The van der Waals surface area contributed by atoms with Gasteiger partial charge in [0.2, 0.25) is 0 Å². The quantitative estimate of drug-likeness (QED) is 0.561. The summed E-state index contributed by atoms with van der Waals surface area (Å²) in [6.45, 7) is 0. The van der Waals surface area contributed by atoms with Gasteiger partial charge in [-0.25, -0.2) is 9.37 Å². The van der Waals surface area contributed by atoms with E-state index in [0.29, 0.717) is 38.6 Å². The number of carbonyl (C=O) groups excluding carboxylic acids is 1. The van der Waals surface area contributed by atoms with Gasteiger partial charge in [-0.1, -0.05) is 35.9 Å². The number of rotatable bonds is 3. The number of pyridine rings is 1. The van der Waals surface area contributed by atoms with Gasteiger partial charge < -0.3 is 5.32 Å². The first-order valence-corrected chi connectivity index (χ1v) is 8.56. The second-order valence-electron chi connectivity index (χ2n) is 5.97. The molecule has 0 saturated heterocycles. The third-order valence-corrected chi connectivity index (χ3v) is 4.55. The lowest BCUT2D eigenvalue weighted by atomic mass is 10.1. The van der Waals surface area contributed by atoms with Crippen molar-refractivity contribution in [3.8, 4) is 11.3 Å². The number of aromatic nitrogens is 3. The second-order valence-corrected chi connectivity index (χ2v) is 6.38. The fraction of sp³-hybridized carbons (Fsp3) is 0.0500. The van der Waals surface area contributed by atoms with E-state index in [1.165, 1.54) is 6.07 Å². The number of carbonyl (C=O) groups is 1. The van der Waals surface area contributed by atoms with Gasteiger partial charge in [-0.3, -0.25) is 9.48 Å². The molecule has 0 unspecified atom stereocenters. The first-order valence-electron chi connectivity index (χ1n) is 8.18. The van der Waals surface area contributed by atoms with Gasteiger partial charge in [0.25, 0.3) is 5.91 Å². The molecule has 2 heterocycles. The number of hydrogen-bond donors (Lipinski definition) is 1. The Morgan fingerprint density at radius 2 is 1.89 bits per heavy atom. The number of halogens is 2. The van der Waals surface area contributed by atoms with Crippen molar-refractivity contribution in [1.82, 2.24) is 14.8 Å². The SMILES string of the molecule is Cn1ncc2c(C(=O)Nc3ccccc3Cl)cc(-c3ccccc3F)nc21. The Morgan fingerprint density at radius 1 is 1.15 bits per heavy atom. The zero-order chi connectivity index (χ0) is 19.0. The lowest BCUT2D eigenvalue weighted by Gasteiger charge is -2.10. The van der Waals surface area contributed by atoms with E-state index in [9.17, 15) is 9.18 Å². The van der Waals surface area contributed by atoms with Crippen molar-refractivity contribution in [1.29, 1.82) is 0 Å². The van der Waals surface area contributed by atoms with E-state index in [4.69, 9.17) is 11.6 Å². The van der Waals surface area contributed by atoms with Crippen LogP contribution in [0.3, 0.4) is 0 Å². The van der Waals surface area contributed by atoms with Gasteiger partial charge in [-0.15, -0.1) is 0 Å². The molecule has 1 amide bonds. The summed E-state index contributed by atoms with van der Waals surface area (Å²) in [7, 11) is 1.72. The normalized spacial score (nSPS) is 10.9. The summed E-state index contributed by atoms with van der Waals surface area (Å²) in [6, 6.07) is 14.8. The van der Waals surface area contributed by atoms with Crippen molar-refractivity contribution in [3.63, 3.8) is 0 Å². The maximum Gasteiger partial charge on any atom is 0.256 e. The van der Waals surface area contributed by atoms with Gasteiger partial charge >= 0.3 is 0 Å². The van der Waals surface area contributed by atoms with Gasteiger partial charge in [0.05, 0.1) is 33.6 Å². The van der Waals surface area contributed by atoms with Crippen molar-refractivity contribution in [2.45, 2.75) is 0 Å². The summed E-state index contributed by atoms with van der Waals surface area (Å²) in [6.07, 6.45) is 1.56. The minimum absolute atomic E-state index is 0.312. The molecule has 0 aliphatic heterocycles. The fourth-order valence-electron chi connectivity index (χ4n) is 2.86. The smallest absolute Gasteiger partial charge is 0.256 e. The summed E-state index contributed by atoms with van der Waals surface area (Å²) in [5.41, 5.74) is 1.98. The molecule has 4 aromatic rings. The number of nitrogens with zero attached hydrogens (tertiary/aromatic N) is 3. The van der Waals surface area contributed by atoms with E-state index in [1.807, 2.05) is 0 Å². The van der Waals surface area contributed by atoms with Crippen molar-refractivity contribution in [2.75, 3.05) is 5.32 Å². The number of para-hydroxylation sites is 1. The molecule has 5 nitrogen and oxygen atoms in total. The molecule has 134 valence electrons. The lowest BCUT2D eigenvalue weighted by molar-refractivity contribution is 0.102. The molecule has 0 atom stereocenters. The molecule has 0 radical (unpaired) electrons. The maximum atomic E-state index is 14.3. The van der Waals surface area contributed by atoms with Crippen LogP contribution in [0.2, 0.25) is 5.02 Å². The fourth-order valence-corrected chi connectivity index (χ4v) is 3.04. The molecule has 4 rings (SSSR count). The van der Waals surface area contributed by atoms with Crippen molar-refractivity contribution >= 4 is 34.2 Å². The number of amides is 1. The highest BCUT2D eigenvalue weighted by atomic mass is 35.5. The van der Waals surface area contributed by atoms with E-state index < -0.39 is 5.82 Å². The minimum atomic E-state index is -0.413. The Kier molecular flexibility index (Phi) is 4.33. The lowest BCUT2D eigenvalue weighted by Crippen LogP contribution is -2.13. The van der Waals surface area contributed by atoms with Gasteiger partial charge in [-0.05, 0) is 30.3 Å². The molecular formula is C20H14ClFN4O. The van der Waals surface area contributed by atoms with Gasteiger partial charge in [-0.2, -0.15) is 5.10 Å². The molecule has 0 saturated carbocycles. The van der Waals surface area contributed by atoms with Crippen LogP contribution in [0.15, 0.2) is 60.8 Å². The van der Waals surface area contributed by atoms with Crippen LogP contribution < -0.4 is 5.32 Å². The number of aryl methyl sites for hydroxylation is 1. The van der Waals surface area contributed by atoms with Crippen LogP contribution in [-0.2, 0) is 7.05 Å². The van der Waals surface area contributed by atoms with Crippen LogP contribution in [-0.4, -0.2) is 20.7 Å². The van der Waals surface area contributed by atoms with Gasteiger partial charge in [0.1, 0.15) is 5.82 Å². The highest BCUT2D eigenvalue weighted by Gasteiger charge is 2.18. The predicted molar refractivity (Wildman–Crippen MR) is 103 cm³/mol. The molecule has 27 heavy (non-hydrogen) atoms. The largest absolute Gasteiger partial charge is 0.321 e. The first-order chi connectivity index (χ1) is 13.0. The third kappa shape index (κ3) is 3.15. The van der Waals surface area contributed by atoms with E-state index in [1.54, 1.807) is 66.5 Å². The predicted octanol–water partition coefficient (Wildman–Crippen LogP) is 4.68. The summed E-state index contributed by atoms with van der Waals surface area (Å²) < 4.78 is 15.8. The monoisotopic (exact) mass is 380 g/mol. The Bertz CT molecular complexity index is 1170. The molecule has 0 bridgehead atoms. The first kappa shape index (κ1) is 17.2. The summed E-state index contributed by atoms with van der Waals surface area (Å²) >= 11 is 6.13. The highest BCUT2D eigenvalue weighted by Crippen LogP contribution is 2.28. The van der Waals surface area contributed by atoms with Crippen molar-refractivity contribution < 1.29 is 9.18 Å². The van der Waals surface area contributed by atoms with E-state index >= 15 is 0 Å². The average molecular weight is 381 g/mol. The average Bonchev–Trinajstić information content (AvgIpc) is 3.04. The molecule has 0 spiro atoms. The van der Waals surface area contributed by atoms with Gasteiger partial charge in [0, 0.05) is 12.6 Å². The standard InChI is InChI=1S/C20H14ClFN4O/c1-26-19-14(11-23-26)13(20(27)25-17-9-5-3-7-15(17)21)10-18(24-19)12-6-2-4-8-16(12)22/h2-11H,1H3,(H,25,27). The van der Waals surface area contributed by atoms with E-state index in [2.05, 4.69) is 15.4 Å². The molecule has 2 aromatic heterocycles. The highest BCUT2D eigenvalue weighted by molar-refractivity contribution is 6.34. The molecule has 1 N–H and O–H groups in total. The van der Waals surface area contributed by atoms with E-state index in [-0.39, 0.29) is 5.91 Å². The summed E-state index contributed by atoms with van der Waals surface area (Å²) in [5, 5.41) is 7.97. The van der Waals surface area contributed by atoms with Crippen LogP contribution in [0.1, 0.15) is 10.4 Å². The number of hydrogen-bond acceptors (Lipinski definition) is 3. The van der Waals surface area contributed by atoms with Crippen molar-refractivity contribution in [3.05, 3.63) is 77.2 Å². The molecule has 0 aliphatic rings. The Hall–Kier alpha value is -3.25. The number of fused-ring (bicyclic) bond motifs is 1. The molecule has 0 aliphatic carbocycles. The molecular weight excluding hydrogens is 367 g/mol. The maximum absolute atomic E-state index is 14.3. The Balaban J connectivity index is 1.86. The zero-order valence-corrected chi connectivity index (χ0v) is 15.0. The number of anilines is 1. The van der Waals surface area contributed by atoms with Crippen LogP contribution in [0.4, 0.5) is 10.1 Å². The van der Waals surface area contributed by atoms with Crippen LogP contribution >= 0.6 is 11.6 Å². The molecule has 2 aromatic carbocycles. The van der Waals surface area contributed by atoms with Crippen LogP contribution in [0.5, 0.6) is 0 Å².